The summed E-state index contributed by atoms with van der Waals surface area (Å²) in [5.74, 6) is -0.863. The first-order chi connectivity index (χ1) is 15.2. The molecule has 1 N–H and O–H groups in total. The van der Waals surface area contributed by atoms with Crippen molar-refractivity contribution in [3.63, 3.8) is 0 Å². The van der Waals surface area contributed by atoms with Crippen LogP contribution in [0, 0.1) is 5.41 Å². The highest BCUT2D eigenvalue weighted by atomic mass is 16.5. The van der Waals surface area contributed by atoms with Crippen LogP contribution in [-0.4, -0.2) is 30.4 Å². The predicted molar refractivity (Wildman–Crippen MR) is 126 cm³/mol. The number of hydrogen-bond acceptors (Lipinski definition) is 5. The molecule has 0 aromatic heterocycles. The van der Waals surface area contributed by atoms with Gasteiger partial charge < -0.3 is 14.8 Å². The van der Waals surface area contributed by atoms with Crippen LogP contribution in [0.5, 0.6) is 5.75 Å². The monoisotopic (exact) mass is 445 g/mol. The van der Waals surface area contributed by atoms with Crippen molar-refractivity contribution in [2.75, 3.05) is 11.9 Å². The van der Waals surface area contributed by atoms with Gasteiger partial charge in [-0.1, -0.05) is 85.5 Å². The molecule has 6 nitrogen and oxygen atoms in total. The number of ether oxygens (including phenoxy) is 2. The van der Waals surface area contributed by atoms with E-state index in [1.54, 1.807) is 32.9 Å². The number of carbonyl (C=O) groups is 3. The van der Waals surface area contributed by atoms with Gasteiger partial charge in [0.2, 0.25) is 6.10 Å². The van der Waals surface area contributed by atoms with Crippen molar-refractivity contribution in [3.05, 3.63) is 23.8 Å². The first-order valence-corrected chi connectivity index (χ1v) is 12.1. The minimum atomic E-state index is -1.18. The molecular formula is C26H39NO5. The van der Waals surface area contributed by atoms with Crippen LogP contribution in [0.4, 0.5) is 5.69 Å². The van der Waals surface area contributed by atoms with Crippen LogP contribution in [0.15, 0.2) is 18.2 Å². The molecule has 0 radical (unpaired) electrons. The third kappa shape index (κ3) is 7.95. The summed E-state index contributed by atoms with van der Waals surface area (Å²) in [5, 5.41) is 2.68. The molecule has 0 aliphatic carbocycles. The smallest absolute Gasteiger partial charge is 0.338 e. The number of ketones is 1. The summed E-state index contributed by atoms with van der Waals surface area (Å²) in [6, 6.07) is 4.72. The van der Waals surface area contributed by atoms with E-state index in [4.69, 9.17) is 9.47 Å². The summed E-state index contributed by atoms with van der Waals surface area (Å²) in [4.78, 5) is 37.1. The Kier molecular flexibility index (Phi) is 10.2. The molecule has 2 rings (SSSR count). The van der Waals surface area contributed by atoms with Crippen molar-refractivity contribution in [1.82, 2.24) is 0 Å². The fraction of sp³-hybridized carbons (Fsp3) is 0.654. The lowest BCUT2D eigenvalue weighted by Crippen LogP contribution is -2.47. The van der Waals surface area contributed by atoms with Crippen molar-refractivity contribution in [2.45, 2.75) is 98.0 Å². The van der Waals surface area contributed by atoms with E-state index in [0.717, 1.165) is 12.8 Å². The van der Waals surface area contributed by atoms with Crippen molar-refractivity contribution in [2.24, 2.45) is 5.41 Å². The van der Waals surface area contributed by atoms with Crippen LogP contribution >= 0.6 is 0 Å². The van der Waals surface area contributed by atoms with Crippen LogP contribution in [0.2, 0.25) is 0 Å². The number of fused-ring (bicyclic) bond motifs is 1. The molecule has 1 aromatic rings. The fourth-order valence-electron chi connectivity index (χ4n) is 3.64. The number of amides is 1. The maximum absolute atomic E-state index is 12.4. The highest BCUT2D eigenvalue weighted by molar-refractivity contribution is 6.13. The second-order valence-electron chi connectivity index (χ2n) is 9.63. The SMILES string of the molecule is CCCCCCCCCCCCOC(=O)c1ccc2c(c1)NC(=O)C(C(=O)C(C)(C)C)O2. The Hall–Kier alpha value is -2.37. The standard InChI is InChI=1S/C26H39NO5/c1-5-6-7-8-9-10-11-12-13-14-17-31-25(30)19-15-16-21-20(18-19)27-24(29)22(32-21)23(28)26(2,3)4/h15-16,18,22H,5-14,17H2,1-4H3,(H,27,29). The zero-order chi connectivity index (χ0) is 23.6. The minimum Gasteiger partial charge on any atom is -0.470 e. The Balaban J connectivity index is 1.72. The van der Waals surface area contributed by atoms with E-state index in [9.17, 15) is 14.4 Å². The molecule has 1 aliphatic rings. The fourth-order valence-corrected chi connectivity index (χ4v) is 3.64. The summed E-state index contributed by atoms with van der Waals surface area (Å²) in [7, 11) is 0. The van der Waals surface area contributed by atoms with E-state index in [2.05, 4.69) is 12.2 Å². The van der Waals surface area contributed by atoms with E-state index in [-0.39, 0.29) is 5.78 Å². The van der Waals surface area contributed by atoms with E-state index >= 15 is 0 Å². The average molecular weight is 446 g/mol. The molecule has 1 aliphatic heterocycles. The van der Waals surface area contributed by atoms with Gasteiger partial charge in [-0.3, -0.25) is 9.59 Å². The molecule has 6 heteroatoms. The van der Waals surface area contributed by atoms with Crippen LogP contribution in [0.3, 0.4) is 0 Å². The molecule has 0 bridgehead atoms. The number of rotatable bonds is 13. The quantitative estimate of drug-likeness (QED) is 0.226. The van der Waals surface area contributed by atoms with E-state index < -0.39 is 23.4 Å². The molecule has 1 unspecified atom stereocenters. The molecule has 1 aromatic carbocycles. The highest BCUT2D eigenvalue weighted by Gasteiger charge is 2.39. The third-order valence-corrected chi connectivity index (χ3v) is 5.66. The molecule has 1 atom stereocenters. The molecule has 1 amide bonds. The number of nitrogens with one attached hydrogen (secondary N) is 1. The van der Waals surface area contributed by atoms with E-state index in [1.807, 2.05) is 0 Å². The Morgan fingerprint density at radius 1 is 0.969 bits per heavy atom. The van der Waals surface area contributed by atoms with Gasteiger partial charge >= 0.3 is 5.97 Å². The number of esters is 1. The van der Waals surface area contributed by atoms with Gasteiger partial charge in [0.25, 0.3) is 5.91 Å². The molecule has 32 heavy (non-hydrogen) atoms. The predicted octanol–water partition coefficient (Wildman–Crippen LogP) is 6.08. The summed E-state index contributed by atoms with van der Waals surface area (Å²) in [6.45, 7) is 7.86. The van der Waals surface area contributed by atoms with Crippen LogP contribution in [-0.2, 0) is 14.3 Å². The normalized spacial score (nSPS) is 15.5. The lowest BCUT2D eigenvalue weighted by molar-refractivity contribution is -0.140. The average Bonchev–Trinajstić information content (AvgIpc) is 2.75. The van der Waals surface area contributed by atoms with Gasteiger partial charge in [0, 0.05) is 5.41 Å². The topological polar surface area (TPSA) is 81.7 Å². The highest BCUT2D eigenvalue weighted by Crippen LogP contribution is 2.33. The van der Waals surface area contributed by atoms with Gasteiger partial charge in [0.1, 0.15) is 5.75 Å². The van der Waals surface area contributed by atoms with Gasteiger partial charge in [0.15, 0.2) is 5.78 Å². The Labute approximate surface area is 192 Å². The zero-order valence-electron chi connectivity index (χ0n) is 20.1. The van der Waals surface area contributed by atoms with Crippen LogP contribution < -0.4 is 10.1 Å². The second-order valence-corrected chi connectivity index (χ2v) is 9.63. The third-order valence-electron chi connectivity index (χ3n) is 5.66. The Morgan fingerprint density at radius 3 is 2.16 bits per heavy atom. The number of Topliss-reactive ketones (excluding diaryl/α,β-unsaturated/α-hetero) is 1. The zero-order valence-corrected chi connectivity index (χ0v) is 20.1. The summed E-state index contributed by atoms with van der Waals surface area (Å²) < 4.78 is 11.0. The maximum atomic E-state index is 12.4. The largest absolute Gasteiger partial charge is 0.470 e. The molecular weight excluding hydrogens is 406 g/mol. The first-order valence-electron chi connectivity index (χ1n) is 12.1. The first kappa shape index (κ1) is 25.9. The Morgan fingerprint density at radius 2 is 1.56 bits per heavy atom. The maximum Gasteiger partial charge on any atom is 0.338 e. The Bertz CT molecular complexity index is 781. The van der Waals surface area contributed by atoms with Gasteiger partial charge in [-0.25, -0.2) is 4.79 Å². The molecule has 0 fully saturated rings. The summed E-state index contributed by atoms with van der Waals surface area (Å²) >= 11 is 0. The van der Waals surface area contributed by atoms with Gasteiger partial charge in [-0.2, -0.15) is 0 Å². The molecule has 1 heterocycles. The minimum absolute atomic E-state index is 0.291. The lowest BCUT2D eigenvalue weighted by atomic mass is 9.87. The van der Waals surface area contributed by atoms with E-state index in [1.165, 1.54) is 57.4 Å². The number of unbranched alkanes of at least 4 members (excludes halogenated alkanes) is 9. The van der Waals surface area contributed by atoms with E-state index in [0.29, 0.717) is 23.6 Å². The lowest BCUT2D eigenvalue weighted by Gasteiger charge is -2.29. The number of benzene rings is 1. The number of anilines is 1. The molecule has 0 saturated heterocycles. The van der Waals surface area contributed by atoms with Crippen LogP contribution in [0.25, 0.3) is 0 Å². The van der Waals surface area contributed by atoms with Crippen molar-refractivity contribution >= 4 is 23.3 Å². The number of hydrogen-bond donors (Lipinski definition) is 1. The van der Waals surface area contributed by atoms with Crippen molar-refractivity contribution in [1.29, 1.82) is 0 Å². The summed E-state index contributed by atoms with van der Waals surface area (Å²) in [6.07, 6.45) is 11.0. The summed E-state index contributed by atoms with van der Waals surface area (Å²) in [5.41, 5.74) is 0.0272. The van der Waals surface area contributed by atoms with Crippen molar-refractivity contribution < 1.29 is 23.9 Å². The van der Waals surface area contributed by atoms with Gasteiger partial charge in [0.05, 0.1) is 17.9 Å². The molecule has 178 valence electrons. The molecule has 0 saturated carbocycles. The second kappa shape index (κ2) is 12.6. The van der Waals surface area contributed by atoms with Gasteiger partial charge in [-0.15, -0.1) is 0 Å². The van der Waals surface area contributed by atoms with Crippen molar-refractivity contribution in [3.8, 4) is 5.75 Å². The van der Waals surface area contributed by atoms with Gasteiger partial charge in [-0.05, 0) is 24.6 Å². The number of carbonyl (C=O) groups excluding carboxylic acids is 3. The molecule has 0 spiro atoms. The van der Waals surface area contributed by atoms with Crippen LogP contribution in [0.1, 0.15) is 102 Å².